The third-order valence-corrected chi connectivity index (χ3v) is 5.53. The highest BCUT2D eigenvalue weighted by Crippen LogP contribution is 2.35. The van der Waals surface area contributed by atoms with Crippen LogP contribution in [0, 0.1) is 11.8 Å². The molecule has 2 saturated heterocycles. The first-order chi connectivity index (χ1) is 12.6. The van der Waals surface area contributed by atoms with Gasteiger partial charge in [-0.2, -0.15) is 0 Å². The molecule has 1 aliphatic carbocycles. The lowest BCUT2D eigenvalue weighted by Crippen LogP contribution is -2.38. The molecule has 3 amide bonds. The zero-order valence-corrected chi connectivity index (χ0v) is 14.7. The molecule has 0 saturated carbocycles. The molecule has 0 radical (unpaired) electrons. The van der Waals surface area contributed by atoms with Crippen LogP contribution in [0.2, 0.25) is 0 Å². The van der Waals surface area contributed by atoms with Gasteiger partial charge in [-0.15, -0.1) is 0 Å². The van der Waals surface area contributed by atoms with Gasteiger partial charge in [-0.3, -0.25) is 19.3 Å². The molecule has 1 aromatic rings. The van der Waals surface area contributed by atoms with Gasteiger partial charge in [0.2, 0.25) is 17.7 Å². The number of anilines is 2. The van der Waals surface area contributed by atoms with Crippen molar-refractivity contribution in [3.63, 3.8) is 0 Å². The summed E-state index contributed by atoms with van der Waals surface area (Å²) in [5.74, 6) is -1.35. The van der Waals surface area contributed by atoms with Crippen LogP contribution < -0.4 is 10.2 Å². The number of carbonyl (C=O) groups is 3. The number of para-hydroxylation sites is 2. The first-order valence-corrected chi connectivity index (χ1v) is 9.29. The number of hydrogen-bond donors (Lipinski definition) is 1. The lowest BCUT2D eigenvalue weighted by molar-refractivity contribution is -0.142. The third-order valence-electron chi connectivity index (χ3n) is 5.53. The van der Waals surface area contributed by atoms with Gasteiger partial charge in [0.1, 0.15) is 6.54 Å². The van der Waals surface area contributed by atoms with Gasteiger partial charge in [-0.25, -0.2) is 0 Å². The van der Waals surface area contributed by atoms with E-state index in [4.69, 9.17) is 0 Å². The van der Waals surface area contributed by atoms with Gasteiger partial charge >= 0.3 is 0 Å². The molecule has 2 unspecified atom stereocenters. The maximum Gasteiger partial charge on any atom is 0.244 e. The van der Waals surface area contributed by atoms with E-state index in [0.717, 1.165) is 42.2 Å². The molecule has 6 nitrogen and oxygen atoms in total. The van der Waals surface area contributed by atoms with Crippen LogP contribution >= 0.6 is 0 Å². The molecule has 0 bridgehead atoms. The van der Waals surface area contributed by atoms with Crippen LogP contribution in [0.15, 0.2) is 36.4 Å². The number of likely N-dealkylation sites (tertiary alicyclic amines) is 1. The number of hydrogen-bond acceptors (Lipinski definition) is 4. The van der Waals surface area contributed by atoms with Gasteiger partial charge < -0.3 is 10.2 Å². The average molecular weight is 353 g/mol. The number of allylic oxidation sites excluding steroid dienone is 2. The molecule has 136 valence electrons. The number of nitrogens with zero attached hydrogens (tertiary/aromatic N) is 2. The van der Waals surface area contributed by atoms with E-state index in [9.17, 15) is 14.4 Å². The Morgan fingerprint density at radius 2 is 1.62 bits per heavy atom. The van der Waals surface area contributed by atoms with E-state index >= 15 is 0 Å². The van der Waals surface area contributed by atoms with Crippen molar-refractivity contribution in [1.82, 2.24) is 4.90 Å². The quantitative estimate of drug-likeness (QED) is 0.665. The predicted octanol–water partition coefficient (Wildman–Crippen LogP) is 2.18. The number of nitrogens with one attached hydrogen (secondary N) is 1. The van der Waals surface area contributed by atoms with E-state index in [0.29, 0.717) is 12.8 Å². The topological polar surface area (TPSA) is 69.7 Å². The lowest BCUT2D eigenvalue weighted by Gasteiger charge is -2.22. The molecule has 1 N–H and O–H groups in total. The van der Waals surface area contributed by atoms with Gasteiger partial charge in [0.25, 0.3) is 0 Å². The minimum absolute atomic E-state index is 0.209. The predicted molar refractivity (Wildman–Crippen MR) is 98.6 cm³/mol. The SMILES string of the molecule is O=C(CN1C(=O)C2CC=CCC2C1=O)Nc1ccccc1N1CCCC1. The van der Waals surface area contributed by atoms with Crippen LogP contribution in [0.1, 0.15) is 25.7 Å². The monoisotopic (exact) mass is 353 g/mol. The summed E-state index contributed by atoms with van der Waals surface area (Å²) in [6, 6.07) is 7.69. The summed E-state index contributed by atoms with van der Waals surface area (Å²) in [7, 11) is 0. The van der Waals surface area contributed by atoms with E-state index in [1.165, 1.54) is 0 Å². The summed E-state index contributed by atoms with van der Waals surface area (Å²) in [6.45, 7) is 1.75. The van der Waals surface area contributed by atoms with Crippen molar-refractivity contribution in [2.24, 2.45) is 11.8 Å². The zero-order valence-electron chi connectivity index (χ0n) is 14.7. The summed E-state index contributed by atoms with van der Waals surface area (Å²) in [5.41, 5.74) is 1.73. The summed E-state index contributed by atoms with van der Waals surface area (Å²) < 4.78 is 0. The maximum atomic E-state index is 12.5. The molecule has 0 aromatic heterocycles. The van der Waals surface area contributed by atoms with Crippen molar-refractivity contribution >= 4 is 29.1 Å². The van der Waals surface area contributed by atoms with Crippen LogP contribution in [-0.2, 0) is 14.4 Å². The molecule has 3 aliphatic rings. The number of rotatable bonds is 4. The van der Waals surface area contributed by atoms with E-state index in [1.807, 2.05) is 36.4 Å². The Morgan fingerprint density at radius 1 is 1.00 bits per heavy atom. The molecular formula is C20H23N3O3. The van der Waals surface area contributed by atoms with E-state index < -0.39 is 0 Å². The van der Waals surface area contributed by atoms with E-state index in [1.54, 1.807) is 0 Å². The van der Waals surface area contributed by atoms with Crippen LogP contribution in [0.25, 0.3) is 0 Å². The summed E-state index contributed by atoms with van der Waals surface area (Å²) in [4.78, 5) is 40.9. The Morgan fingerprint density at radius 3 is 2.27 bits per heavy atom. The second-order valence-corrected chi connectivity index (χ2v) is 7.18. The lowest BCUT2D eigenvalue weighted by atomic mass is 9.85. The fraction of sp³-hybridized carbons (Fsp3) is 0.450. The summed E-state index contributed by atoms with van der Waals surface area (Å²) in [6.07, 6.45) is 7.37. The second-order valence-electron chi connectivity index (χ2n) is 7.18. The standard InChI is InChI=1S/C20H23N3O3/c24-18(13-23-19(25)14-7-1-2-8-15(14)20(23)26)21-16-9-3-4-10-17(16)22-11-5-6-12-22/h1-4,9-10,14-15H,5-8,11-13H2,(H,21,24). The molecule has 6 heteroatoms. The molecule has 1 aromatic carbocycles. The normalized spacial score (nSPS) is 24.9. The summed E-state index contributed by atoms with van der Waals surface area (Å²) in [5, 5.41) is 2.89. The largest absolute Gasteiger partial charge is 0.370 e. The van der Waals surface area contributed by atoms with Crippen LogP contribution in [-0.4, -0.2) is 42.3 Å². The second kappa shape index (κ2) is 6.94. The van der Waals surface area contributed by atoms with Crippen molar-refractivity contribution < 1.29 is 14.4 Å². The Hall–Kier alpha value is -2.63. The Labute approximate surface area is 152 Å². The number of carbonyl (C=O) groups excluding carboxylic acids is 3. The molecular weight excluding hydrogens is 330 g/mol. The minimum Gasteiger partial charge on any atom is -0.370 e. The van der Waals surface area contributed by atoms with E-state index in [-0.39, 0.29) is 36.1 Å². The van der Waals surface area contributed by atoms with Crippen molar-refractivity contribution in [2.45, 2.75) is 25.7 Å². The number of amides is 3. The minimum atomic E-state index is -0.329. The summed E-state index contributed by atoms with van der Waals surface area (Å²) >= 11 is 0. The van der Waals surface area contributed by atoms with E-state index in [2.05, 4.69) is 10.2 Å². The Balaban J connectivity index is 1.45. The molecule has 4 rings (SSSR count). The van der Waals surface area contributed by atoms with Crippen LogP contribution in [0.5, 0.6) is 0 Å². The maximum absolute atomic E-state index is 12.5. The first-order valence-electron chi connectivity index (χ1n) is 9.29. The highest BCUT2D eigenvalue weighted by molar-refractivity contribution is 6.09. The fourth-order valence-electron chi connectivity index (χ4n) is 4.17. The molecule has 0 spiro atoms. The van der Waals surface area contributed by atoms with Gasteiger partial charge in [-0.1, -0.05) is 24.3 Å². The number of fused-ring (bicyclic) bond motifs is 1. The van der Waals surface area contributed by atoms with Crippen molar-refractivity contribution in [3.05, 3.63) is 36.4 Å². The van der Waals surface area contributed by atoms with Crippen molar-refractivity contribution in [3.8, 4) is 0 Å². The molecule has 2 aliphatic heterocycles. The number of benzene rings is 1. The van der Waals surface area contributed by atoms with Crippen molar-refractivity contribution in [1.29, 1.82) is 0 Å². The van der Waals surface area contributed by atoms with Gasteiger partial charge in [0.15, 0.2) is 0 Å². The van der Waals surface area contributed by atoms with Gasteiger partial charge in [0, 0.05) is 13.1 Å². The Bertz CT molecular complexity index is 741. The smallest absolute Gasteiger partial charge is 0.244 e. The Kier molecular flexibility index (Phi) is 4.49. The highest BCUT2D eigenvalue weighted by atomic mass is 16.2. The molecule has 2 heterocycles. The van der Waals surface area contributed by atoms with Crippen molar-refractivity contribution in [2.75, 3.05) is 29.9 Å². The zero-order chi connectivity index (χ0) is 18.1. The van der Waals surface area contributed by atoms with Gasteiger partial charge in [0.05, 0.1) is 23.2 Å². The third kappa shape index (κ3) is 3.00. The van der Waals surface area contributed by atoms with Gasteiger partial charge in [-0.05, 0) is 37.8 Å². The van der Waals surface area contributed by atoms with Crippen LogP contribution in [0.3, 0.4) is 0 Å². The molecule has 2 fully saturated rings. The highest BCUT2D eigenvalue weighted by Gasteiger charge is 2.47. The van der Waals surface area contributed by atoms with Crippen LogP contribution in [0.4, 0.5) is 11.4 Å². The molecule has 2 atom stereocenters. The molecule has 26 heavy (non-hydrogen) atoms. The first kappa shape index (κ1) is 16.8. The average Bonchev–Trinajstić information content (AvgIpc) is 3.26. The fourth-order valence-corrected chi connectivity index (χ4v) is 4.17. The number of imide groups is 1.